The van der Waals surface area contributed by atoms with Crippen molar-refractivity contribution < 1.29 is 4.79 Å². The summed E-state index contributed by atoms with van der Waals surface area (Å²) < 4.78 is 1.63. The minimum atomic E-state index is -0.0764. The van der Waals surface area contributed by atoms with Gasteiger partial charge in [-0.3, -0.25) is 9.48 Å². The third kappa shape index (κ3) is 3.17. The number of aryl methyl sites for hydroxylation is 1. The summed E-state index contributed by atoms with van der Waals surface area (Å²) in [6.45, 7) is 1.67. The predicted octanol–water partition coefficient (Wildman–Crippen LogP) is 1.76. The zero-order chi connectivity index (χ0) is 17.2. The van der Waals surface area contributed by atoms with Gasteiger partial charge in [0, 0.05) is 37.8 Å². The topological polar surface area (TPSA) is 75.9 Å². The molecule has 0 spiro atoms. The highest BCUT2D eigenvalue weighted by Crippen LogP contribution is 2.25. The lowest BCUT2D eigenvalue weighted by Gasteiger charge is -2.34. The fourth-order valence-corrected chi connectivity index (χ4v) is 3.34. The molecule has 1 aliphatic heterocycles. The normalized spacial score (nSPS) is 17.6. The quantitative estimate of drug-likeness (QED) is 0.789. The highest BCUT2D eigenvalue weighted by molar-refractivity contribution is 5.94. The van der Waals surface area contributed by atoms with E-state index in [9.17, 15) is 4.79 Å². The number of hydrogen-bond acceptors (Lipinski definition) is 5. The molecular formula is C18H20N6O. The number of nitrogens with zero attached hydrogens (tertiary/aromatic N) is 5. The average molecular weight is 336 g/mol. The average Bonchev–Trinajstić information content (AvgIpc) is 3.08. The summed E-state index contributed by atoms with van der Waals surface area (Å²) in [6, 6.07) is 8.11. The molecule has 0 aliphatic carbocycles. The van der Waals surface area contributed by atoms with E-state index in [0.717, 1.165) is 42.7 Å². The molecule has 1 amide bonds. The van der Waals surface area contributed by atoms with Crippen LogP contribution < -0.4 is 10.2 Å². The molecule has 128 valence electrons. The van der Waals surface area contributed by atoms with Gasteiger partial charge in [0.15, 0.2) is 0 Å². The molecule has 0 bridgehead atoms. The number of amides is 1. The van der Waals surface area contributed by atoms with Crippen molar-refractivity contribution in [1.82, 2.24) is 25.1 Å². The van der Waals surface area contributed by atoms with Crippen LogP contribution in [0.4, 0.5) is 5.82 Å². The first-order chi connectivity index (χ1) is 12.2. The van der Waals surface area contributed by atoms with Gasteiger partial charge in [-0.15, -0.1) is 0 Å². The third-order valence-electron chi connectivity index (χ3n) is 4.55. The van der Waals surface area contributed by atoms with E-state index in [1.807, 2.05) is 24.3 Å². The number of benzene rings is 1. The van der Waals surface area contributed by atoms with Crippen molar-refractivity contribution in [1.29, 1.82) is 0 Å². The summed E-state index contributed by atoms with van der Waals surface area (Å²) in [5, 5.41) is 8.22. The highest BCUT2D eigenvalue weighted by atomic mass is 16.1. The van der Waals surface area contributed by atoms with E-state index in [1.54, 1.807) is 30.5 Å². The first-order valence-corrected chi connectivity index (χ1v) is 8.45. The number of rotatable bonds is 3. The van der Waals surface area contributed by atoms with Crippen LogP contribution in [0.25, 0.3) is 10.9 Å². The SMILES string of the molecule is Cn1cc(C(=O)NC2CCCN(c3ncnc4ccccc34)C2)cn1. The molecule has 2 aromatic heterocycles. The van der Waals surface area contributed by atoms with Crippen LogP contribution >= 0.6 is 0 Å². The summed E-state index contributed by atoms with van der Waals surface area (Å²) in [6.07, 6.45) is 6.90. The van der Waals surface area contributed by atoms with E-state index in [2.05, 4.69) is 25.3 Å². The molecule has 1 fully saturated rings. The second kappa shape index (κ2) is 6.51. The molecule has 1 unspecified atom stereocenters. The zero-order valence-corrected chi connectivity index (χ0v) is 14.1. The Morgan fingerprint density at radius 3 is 3.00 bits per heavy atom. The third-order valence-corrected chi connectivity index (χ3v) is 4.55. The van der Waals surface area contributed by atoms with Gasteiger partial charge in [-0.1, -0.05) is 12.1 Å². The Morgan fingerprint density at radius 1 is 1.28 bits per heavy atom. The number of para-hydroxylation sites is 1. The molecule has 1 N–H and O–H groups in total. The van der Waals surface area contributed by atoms with Crippen LogP contribution in [-0.2, 0) is 7.05 Å². The number of piperidine rings is 1. The molecule has 4 rings (SSSR count). The van der Waals surface area contributed by atoms with Crippen molar-refractivity contribution in [3.8, 4) is 0 Å². The Bertz CT molecular complexity index is 900. The molecule has 1 aliphatic rings. The second-order valence-electron chi connectivity index (χ2n) is 6.38. The maximum atomic E-state index is 12.4. The standard InChI is InChI=1S/C18H20N6O/c1-23-10-13(9-21-23)18(25)22-14-5-4-8-24(11-14)17-15-6-2-3-7-16(15)19-12-20-17/h2-3,6-7,9-10,12,14H,4-5,8,11H2,1H3,(H,22,25). The Balaban J connectivity index is 1.52. The number of nitrogens with one attached hydrogen (secondary N) is 1. The molecule has 0 saturated carbocycles. The van der Waals surface area contributed by atoms with Gasteiger partial charge in [-0.05, 0) is 25.0 Å². The first kappa shape index (κ1) is 15.6. The van der Waals surface area contributed by atoms with Gasteiger partial charge in [-0.2, -0.15) is 5.10 Å². The van der Waals surface area contributed by atoms with Crippen LogP contribution in [-0.4, -0.2) is 44.8 Å². The molecule has 7 heteroatoms. The largest absolute Gasteiger partial charge is 0.354 e. The lowest BCUT2D eigenvalue weighted by Crippen LogP contribution is -2.48. The van der Waals surface area contributed by atoms with E-state index in [4.69, 9.17) is 0 Å². The van der Waals surface area contributed by atoms with Crippen LogP contribution in [0, 0.1) is 0 Å². The molecule has 1 aromatic carbocycles. The van der Waals surface area contributed by atoms with Crippen molar-refractivity contribution in [2.45, 2.75) is 18.9 Å². The van der Waals surface area contributed by atoms with Gasteiger partial charge in [-0.25, -0.2) is 9.97 Å². The van der Waals surface area contributed by atoms with Crippen molar-refractivity contribution in [3.63, 3.8) is 0 Å². The number of aromatic nitrogens is 4. The Kier molecular flexibility index (Phi) is 4.05. The van der Waals surface area contributed by atoms with Crippen LogP contribution in [0.1, 0.15) is 23.2 Å². The Hall–Kier alpha value is -2.96. The molecular weight excluding hydrogens is 316 g/mol. The maximum absolute atomic E-state index is 12.4. The number of fused-ring (bicyclic) bond motifs is 1. The molecule has 1 saturated heterocycles. The molecule has 0 radical (unpaired) electrons. The van der Waals surface area contributed by atoms with Crippen LogP contribution in [0.2, 0.25) is 0 Å². The molecule has 3 heterocycles. The second-order valence-corrected chi connectivity index (χ2v) is 6.38. The van der Waals surface area contributed by atoms with E-state index >= 15 is 0 Å². The smallest absolute Gasteiger partial charge is 0.254 e. The summed E-state index contributed by atoms with van der Waals surface area (Å²) in [4.78, 5) is 23.4. The van der Waals surface area contributed by atoms with Gasteiger partial charge in [0.05, 0.1) is 17.3 Å². The fraction of sp³-hybridized carbons (Fsp3) is 0.333. The molecule has 3 aromatic rings. The summed E-state index contributed by atoms with van der Waals surface area (Å²) in [5.74, 6) is 0.860. The van der Waals surface area contributed by atoms with Crippen molar-refractivity contribution in [2.75, 3.05) is 18.0 Å². The van der Waals surface area contributed by atoms with Gasteiger partial charge in [0.2, 0.25) is 0 Å². The first-order valence-electron chi connectivity index (χ1n) is 8.45. The van der Waals surface area contributed by atoms with Crippen LogP contribution in [0.3, 0.4) is 0 Å². The molecule has 25 heavy (non-hydrogen) atoms. The number of carbonyl (C=O) groups is 1. The summed E-state index contributed by atoms with van der Waals surface area (Å²) >= 11 is 0. The predicted molar refractivity (Wildman–Crippen MR) is 95.4 cm³/mol. The maximum Gasteiger partial charge on any atom is 0.254 e. The minimum Gasteiger partial charge on any atom is -0.354 e. The lowest BCUT2D eigenvalue weighted by molar-refractivity contribution is 0.0933. The van der Waals surface area contributed by atoms with Gasteiger partial charge < -0.3 is 10.2 Å². The number of carbonyl (C=O) groups excluding carboxylic acids is 1. The summed E-state index contributed by atoms with van der Waals surface area (Å²) in [7, 11) is 1.80. The van der Waals surface area contributed by atoms with Gasteiger partial charge in [0.25, 0.3) is 5.91 Å². The summed E-state index contributed by atoms with van der Waals surface area (Å²) in [5.41, 5.74) is 1.53. The van der Waals surface area contributed by atoms with E-state index in [-0.39, 0.29) is 11.9 Å². The van der Waals surface area contributed by atoms with Crippen LogP contribution in [0.5, 0.6) is 0 Å². The number of anilines is 1. The van der Waals surface area contributed by atoms with Crippen molar-refractivity contribution >= 4 is 22.6 Å². The van der Waals surface area contributed by atoms with Crippen LogP contribution in [0.15, 0.2) is 43.0 Å². The monoisotopic (exact) mass is 336 g/mol. The zero-order valence-electron chi connectivity index (χ0n) is 14.1. The molecule has 7 nitrogen and oxygen atoms in total. The number of hydrogen-bond donors (Lipinski definition) is 1. The van der Waals surface area contributed by atoms with Crippen molar-refractivity contribution in [2.24, 2.45) is 7.05 Å². The van der Waals surface area contributed by atoms with E-state index < -0.39 is 0 Å². The highest BCUT2D eigenvalue weighted by Gasteiger charge is 2.24. The Morgan fingerprint density at radius 2 is 2.16 bits per heavy atom. The van der Waals surface area contributed by atoms with Gasteiger partial charge >= 0.3 is 0 Å². The van der Waals surface area contributed by atoms with Crippen molar-refractivity contribution in [3.05, 3.63) is 48.5 Å². The minimum absolute atomic E-state index is 0.0764. The fourth-order valence-electron chi connectivity index (χ4n) is 3.34. The van der Waals surface area contributed by atoms with Gasteiger partial charge in [0.1, 0.15) is 12.1 Å². The van der Waals surface area contributed by atoms with E-state index in [0.29, 0.717) is 5.56 Å². The Labute approximate surface area is 145 Å². The van der Waals surface area contributed by atoms with E-state index in [1.165, 1.54) is 0 Å². The lowest BCUT2D eigenvalue weighted by atomic mass is 10.0. The molecule has 1 atom stereocenters.